The number of aromatic hydroxyl groups is 1. The third-order valence-electron chi connectivity index (χ3n) is 1.21. The van der Waals surface area contributed by atoms with Crippen molar-refractivity contribution in [1.82, 2.24) is 4.57 Å². The Kier molecular flexibility index (Phi) is 1.16. The molecule has 0 fully saturated rings. The van der Waals surface area contributed by atoms with Gasteiger partial charge in [0.1, 0.15) is 11.8 Å². The molecule has 0 spiro atoms. The lowest BCUT2D eigenvalue weighted by Gasteiger charge is -1.92. The average Bonchev–Trinajstić information content (AvgIpc) is 2.15. The molecule has 0 aliphatic heterocycles. The average molecular weight is 122 g/mol. The Morgan fingerprint density at radius 1 is 1.67 bits per heavy atom. The second-order valence-corrected chi connectivity index (χ2v) is 1.75. The van der Waals surface area contributed by atoms with Gasteiger partial charge in [-0.3, -0.25) is 0 Å². The first-order valence-electron chi connectivity index (χ1n) is 2.50. The molecule has 0 radical (unpaired) electrons. The van der Waals surface area contributed by atoms with Gasteiger partial charge in [-0.15, -0.1) is 0 Å². The second kappa shape index (κ2) is 1.82. The Morgan fingerprint density at radius 3 is 2.56 bits per heavy atom. The maximum absolute atomic E-state index is 8.88. The highest BCUT2D eigenvalue weighted by atomic mass is 16.3. The summed E-state index contributed by atoms with van der Waals surface area (Å²) in [4.78, 5) is 0. The topological polar surface area (TPSA) is 49.0 Å². The molecule has 0 aliphatic carbocycles. The van der Waals surface area contributed by atoms with Gasteiger partial charge >= 0.3 is 0 Å². The Morgan fingerprint density at radius 2 is 2.33 bits per heavy atom. The van der Waals surface area contributed by atoms with E-state index >= 15 is 0 Å². The molecule has 46 valence electrons. The van der Waals surface area contributed by atoms with Gasteiger partial charge in [-0.05, 0) is 6.07 Å². The zero-order chi connectivity index (χ0) is 6.85. The van der Waals surface area contributed by atoms with E-state index in [1.807, 2.05) is 6.07 Å². The quantitative estimate of drug-likeness (QED) is 0.547. The highest BCUT2D eigenvalue weighted by Gasteiger charge is 1.98. The molecule has 1 heterocycles. The lowest BCUT2D eigenvalue weighted by molar-refractivity contribution is 0.431. The summed E-state index contributed by atoms with van der Waals surface area (Å²) in [6, 6.07) is 4.97. The molecule has 1 aromatic heterocycles. The van der Waals surface area contributed by atoms with Gasteiger partial charge in [0.2, 0.25) is 0 Å². The highest BCUT2D eigenvalue weighted by Crippen LogP contribution is 2.10. The summed E-state index contributed by atoms with van der Waals surface area (Å²) in [5.74, 6) is 0.117. The number of hydrogen-bond donors (Lipinski definition) is 1. The standard InChI is InChI=1S/C6H6N2O/c1-8-5(4-7)2-3-6(8)9/h2-3,9H,1H3. The van der Waals surface area contributed by atoms with Crippen LogP contribution in [0.5, 0.6) is 5.88 Å². The summed E-state index contributed by atoms with van der Waals surface area (Å²) in [6.45, 7) is 0. The Hall–Kier alpha value is -1.43. The molecule has 0 bridgehead atoms. The largest absolute Gasteiger partial charge is 0.494 e. The van der Waals surface area contributed by atoms with Crippen LogP contribution in [-0.2, 0) is 7.05 Å². The lowest BCUT2D eigenvalue weighted by Crippen LogP contribution is -1.88. The van der Waals surface area contributed by atoms with Gasteiger partial charge in [-0.25, -0.2) is 0 Å². The van der Waals surface area contributed by atoms with Gasteiger partial charge < -0.3 is 9.67 Å². The summed E-state index contributed by atoms with van der Waals surface area (Å²) >= 11 is 0. The van der Waals surface area contributed by atoms with Gasteiger partial charge in [-0.1, -0.05) is 0 Å². The number of rotatable bonds is 0. The van der Waals surface area contributed by atoms with Gasteiger partial charge in [0, 0.05) is 13.1 Å². The SMILES string of the molecule is Cn1c(O)ccc1C#N. The van der Waals surface area contributed by atoms with E-state index in [1.54, 1.807) is 13.1 Å². The van der Waals surface area contributed by atoms with E-state index in [1.165, 1.54) is 10.6 Å². The Labute approximate surface area is 52.8 Å². The van der Waals surface area contributed by atoms with Crippen molar-refractivity contribution in [3.63, 3.8) is 0 Å². The normalized spacial score (nSPS) is 8.89. The minimum atomic E-state index is 0.117. The first-order chi connectivity index (χ1) is 4.25. The summed E-state index contributed by atoms with van der Waals surface area (Å²) < 4.78 is 1.42. The summed E-state index contributed by atoms with van der Waals surface area (Å²) in [5.41, 5.74) is 0.465. The smallest absolute Gasteiger partial charge is 0.191 e. The summed E-state index contributed by atoms with van der Waals surface area (Å²) in [5, 5.41) is 17.2. The van der Waals surface area contributed by atoms with Crippen molar-refractivity contribution < 1.29 is 5.11 Å². The molecule has 3 nitrogen and oxygen atoms in total. The van der Waals surface area contributed by atoms with Crippen LogP contribution in [0.3, 0.4) is 0 Å². The van der Waals surface area contributed by atoms with E-state index in [0.717, 1.165) is 0 Å². The fraction of sp³-hybridized carbons (Fsp3) is 0.167. The highest BCUT2D eigenvalue weighted by molar-refractivity contribution is 5.28. The number of aromatic nitrogens is 1. The molecule has 1 N–H and O–H groups in total. The van der Waals surface area contributed by atoms with Crippen LogP contribution in [0, 0.1) is 11.3 Å². The maximum Gasteiger partial charge on any atom is 0.191 e. The van der Waals surface area contributed by atoms with Crippen molar-refractivity contribution in [2.45, 2.75) is 0 Å². The first kappa shape index (κ1) is 5.70. The van der Waals surface area contributed by atoms with Crippen LogP contribution in [0.25, 0.3) is 0 Å². The molecule has 0 atom stereocenters. The maximum atomic E-state index is 8.88. The van der Waals surface area contributed by atoms with E-state index in [9.17, 15) is 0 Å². The molecule has 0 aromatic carbocycles. The number of nitriles is 1. The minimum Gasteiger partial charge on any atom is -0.494 e. The van der Waals surface area contributed by atoms with Crippen LogP contribution in [-0.4, -0.2) is 9.67 Å². The predicted octanol–water partition coefficient (Wildman–Crippen LogP) is 0.602. The number of nitrogens with zero attached hydrogens (tertiary/aromatic N) is 2. The van der Waals surface area contributed by atoms with E-state index in [-0.39, 0.29) is 5.88 Å². The lowest BCUT2D eigenvalue weighted by atomic mass is 10.5. The molecule has 3 heteroatoms. The molecule has 0 saturated carbocycles. The van der Waals surface area contributed by atoms with Crippen molar-refractivity contribution in [3.8, 4) is 11.9 Å². The molecule has 0 aliphatic rings. The van der Waals surface area contributed by atoms with E-state index in [2.05, 4.69) is 0 Å². The summed E-state index contributed by atoms with van der Waals surface area (Å²) in [7, 11) is 1.63. The van der Waals surface area contributed by atoms with E-state index in [4.69, 9.17) is 10.4 Å². The molecule has 1 aromatic rings. The third kappa shape index (κ3) is 0.745. The zero-order valence-corrected chi connectivity index (χ0v) is 5.00. The van der Waals surface area contributed by atoms with E-state index in [0.29, 0.717) is 5.69 Å². The second-order valence-electron chi connectivity index (χ2n) is 1.75. The third-order valence-corrected chi connectivity index (χ3v) is 1.21. The van der Waals surface area contributed by atoms with Crippen LogP contribution in [0.15, 0.2) is 12.1 Å². The predicted molar refractivity (Wildman–Crippen MR) is 31.8 cm³/mol. The van der Waals surface area contributed by atoms with Crippen molar-refractivity contribution in [2.24, 2.45) is 7.05 Å². The van der Waals surface area contributed by atoms with Crippen molar-refractivity contribution in [1.29, 1.82) is 5.26 Å². The van der Waals surface area contributed by atoms with Crippen molar-refractivity contribution in [3.05, 3.63) is 17.8 Å². The van der Waals surface area contributed by atoms with Gasteiger partial charge in [-0.2, -0.15) is 5.26 Å². The van der Waals surface area contributed by atoms with Gasteiger partial charge in [0.25, 0.3) is 0 Å². The Bertz CT molecular complexity index is 257. The monoisotopic (exact) mass is 122 g/mol. The molecular weight excluding hydrogens is 116 g/mol. The van der Waals surface area contributed by atoms with Crippen LogP contribution >= 0.6 is 0 Å². The molecule has 0 amide bonds. The van der Waals surface area contributed by atoms with Crippen LogP contribution < -0.4 is 0 Å². The van der Waals surface area contributed by atoms with Crippen molar-refractivity contribution >= 4 is 0 Å². The van der Waals surface area contributed by atoms with Crippen LogP contribution in [0.2, 0.25) is 0 Å². The molecule has 1 rings (SSSR count). The Balaban J connectivity index is 3.24. The molecule has 0 unspecified atom stereocenters. The minimum absolute atomic E-state index is 0.117. The van der Waals surface area contributed by atoms with E-state index < -0.39 is 0 Å². The molecule has 9 heavy (non-hydrogen) atoms. The van der Waals surface area contributed by atoms with Gasteiger partial charge in [0.15, 0.2) is 5.88 Å². The summed E-state index contributed by atoms with van der Waals surface area (Å²) in [6.07, 6.45) is 0. The first-order valence-corrected chi connectivity index (χ1v) is 2.50. The fourth-order valence-corrected chi connectivity index (χ4v) is 0.613. The van der Waals surface area contributed by atoms with Crippen LogP contribution in [0.1, 0.15) is 5.69 Å². The van der Waals surface area contributed by atoms with Crippen LogP contribution in [0.4, 0.5) is 0 Å². The fourth-order valence-electron chi connectivity index (χ4n) is 0.613. The molecular formula is C6H6N2O. The van der Waals surface area contributed by atoms with Gasteiger partial charge in [0.05, 0.1) is 0 Å². The van der Waals surface area contributed by atoms with Crippen molar-refractivity contribution in [2.75, 3.05) is 0 Å². The zero-order valence-electron chi connectivity index (χ0n) is 5.00. The molecule has 0 saturated heterocycles. The number of hydrogen-bond acceptors (Lipinski definition) is 2.